The number of aromatic nitrogens is 3. The Labute approximate surface area is 211 Å². The van der Waals surface area contributed by atoms with E-state index in [9.17, 15) is 22.8 Å². The van der Waals surface area contributed by atoms with Crippen molar-refractivity contribution in [2.75, 3.05) is 20.6 Å². The second-order valence-corrected chi connectivity index (χ2v) is 9.16. The number of amides is 2. The van der Waals surface area contributed by atoms with Gasteiger partial charge in [0.05, 0.1) is 29.4 Å². The average Bonchev–Trinajstić information content (AvgIpc) is 3.31. The largest absolute Gasteiger partial charge is 0.416 e. The first-order valence-electron chi connectivity index (χ1n) is 11.5. The van der Waals surface area contributed by atoms with Crippen molar-refractivity contribution in [1.82, 2.24) is 24.8 Å². The van der Waals surface area contributed by atoms with Crippen molar-refractivity contribution in [3.63, 3.8) is 0 Å². The molecule has 1 atom stereocenters. The van der Waals surface area contributed by atoms with Crippen molar-refractivity contribution >= 4 is 17.5 Å². The lowest BCUT2D eigenvalue weighted by molar-refractivity contribution is -0.137. The van der Waals surface area contributed by atoms with Gasteiger partial charge in [-0.05, 0) is 42.7 Å². The zero-order valence-electron chi connectivity index (χ0n) is 20.6. The Balaban J connectivity index is 1.77. The fraction of sp³-hybridized carbons (Fsp3) is 0.259. The molecule has 2 amide bonds. The Morgan fingerprint density at radius 2 is 1.68 bits per heavy atom. The number of alkyl halides is 3. The molecule has 1 N–H and O–H groups in total. The normalized spacial score (nSPS) is 13.2. The highest BCUT2D eigenvalue weighted by Crippen LogP contribution is 2.34. The zero-order chi connectivity index (χ0) is 26.8. The molecule has 0 aliphatic rings. The number of likely N-dealkylation sites (N-methyl/N-ethyl adjacent to an activating group) is 1. The molecule has 1 unspecified atom stereocenters. The van der Waals surface area contributed by atoms with Gasteiger partial charge in [0.2, 0.25) is 11.8 Å². The van der Waals surface area contributed by atoms with Crippen LogP contribution in [0.2, 0.25) is 0 Å². The van der Waals surface area contributed by atoms with Crippen LogP contribution in [0.5, 0.6) is 0 Å². The van der Waals surface area contributed by atoms with Gasteiger partial charge in [-0.3, -0.25) is 9.59 Å². The maximum Gasteiger partial charge on any atom is 0.416 e. The topological polar surface area (TPSA) is 79.6 Å². The quantitative estimate of drug-likeness (QED) is 0.407. The van der Waals surface area contributed by atoms with Crippen LogP contribution in [-0.2, 0) is 27.6 Å². The van der Waals surface area contributed by atoms with Crippen molar-refractivity contribution in [3.05, 3.63) is 89.9 Å². The predicted octanol–water partition coefficient (Wildman–Crippen LogP) is 4.12. The standard InChI is InChI=1S/C27H26F3N5O2/c1-26(15-18-7-5-4-6-8-18,25(37)32-17-23(36)34(2)3)22-13-14-31-24-21(16-33-35(22)24)19-9-11-20(12-10-19)27(28,29)30/h4-14,16H,15,17H2,1-3H3,(H,32,37). The van der Waals surface area contributed by atoms with Crippen LogP contribution >= 0.6 is 0 Å². The summed E-state index contributed by atoms with van der Waals surface area (Å²) >= 11 is 0. The van der Waals surface area contributed by atoms with Crippen LogP contribution in [0.3, 0.4) is 0 Å². The minimum absolute atomic E-state index is 0.166. The van der Waals surface area contributed by atoms with Crippen molar-refractivity contribution in [2.24, 2.45) is 0 Å². The number of carbonyl (C=O) groups is 2. The van der Waals surface area contributed by atoms with Gasteiger partial charge in [0.1, 0.15) is 0 Å². The Bertz CT molecular complexity index is 1420. The maximum atomic E-state index is 13.6. The third kappa shape index (κ3) is 5.32. The molecule has 192 valence electrons. The smallest absolute Gasteiger partial charge is 0.347 e. The van der Waals surface area contributed by atoms with Crippen molar-refractivity contribution in [3.8, 4) is 11.1 Å². The van der Waals surface area contributed by atoms with Gasteiger partial charge in [-0.25, -0.2) is 9.50 Å². The van der Waals surface area contributed by atoms with E-state index in [1.165, 1.54) is 27.7 Å². The summed E-state index contributed by atoms with van der Waals surface area (Å²) in [5.41, 5.74) is 0.959. The number of hydrogen-bond acceptors (Lipinski definition) is 4. The fourth-order valence-corrected chi connectivity index (χ4v) is 4.15. The molecule has 0 bridgehead atoms. The van der Waals surface area contributed by atoms with E-state index in [2.05, 4.69) is 15.4 Å². The van der Waals surface area contributed by atoms with Crippen LogP contribution in [0.25, 0.3) is 16.8 Å². The highest BCUT2D eigenvalue weighted by Gasteiger charge is 2.38. The van der Waals surface area contributed by atoms with Crippen molar-refractivity contribution in [1.29, 1.82) is 0 Å². The number of carbonyl (C=O) groups excluding carboxylic acids is 2. The molecule has 7 nitrogen and oxygen atoms in total. The molecule has 4 aromatic rings. The molecule has 2 aromatic carbocycles. The van der Waals surface area contributed by atoms with Gasteiger partial charge in [-0.1, -0.05) is 42.5 Å². The highest BCUT2D eigenvalue weighted by atomic mass is 19.4. The Kier molecular flexibility index (Phi) is 7.02. The third-order valence-electron chi connectivity index (χ3n) is 6.29. The van der Waals surface area contributed by atoms with Crippen LogP contribution in [0.1, 0.15) is 23.7 Å². The molecule has 0 saturated carbocycles. The molecule has 0 spiro atoms. The SMILES string of the molecule is CN(C)C(=O)CNC(=O)C(C)(Cc1ccccc1)c1ccnc2c(-c3ccc(C(F)(F)F)cc3)cnn12. The van der Waals surface area contributed by atoms with Crippen LogP contribution < -0.4 is 5.32 Å². The molecule has 2 heterocycles. The van der Waals surface area contributed by atoms with Gasteiger partial charge in [0.15, 0.2) is 5.65 Å². The fourth-order valence-electron chi connectivity index (χ4n) is 4.15. The molecule has 0 fully saturated rings. The summed E-state index contributed by atoms with van der Waals surface area (Å²) in [6.07, 6.45) is -1.07. The Morgan fingerprint density at radius 1 is 1.00 bits per heavy atom. The Morgan fingerprint density at radius 3 is 2.30 bits per heavy atom. The molecule has 37 heavy (non-hydrogen) atoms. The molecule has 0 radical (unpaired) electrons. The number of nitrogens with zero attached hydrogens (tertiary/aromatic N) is 4. The summed E-state index contributed by atoms with van der Waals surface area (Å²) in [5.74, 6) is -0.621. The van der Waals surface area contributed by atoms with Crippen LogP contribution in [0.15, 0.2) is 73.1 Å². The molecule has 0 aliphatic heterocycles. The van der Waals surface area contributed by atoms with Crippen LogP contribution in [-0.4, -0.2) is 52.0 Å². The van der Waals surface area contributed by atoms with E-state index in [1.807, 2.05) is 30.3 Å². The van der Waals surface area contributed by atoms with Gasteiger partial charge < -0.3 is 10.2 Å². The van der Waals surface area contributed by atoms with E-state index in [-0.39, 0.29) is 18.4 Å². The summed E-state index contributed by atoms with van der Waals surface area (Å²) in [5, 5.41) is 7.20. The average molecular weight is 510 g/mol. The minimum Gasteiger partial charge on any atom is -0.347 e. The number of rotatable bonds is 7. The maximum absolute atomic E-state index is 13.6. The van der Waals surface area contributed by atoms with Crippen LogP contribution in [0.4, 0.5) is 13.2 Å². The third-order valence-corrected chi connectivity index (χ3v) is 6.29. The summed E-state index contributed by atoms with van der Waals surface area (Å²) in [6.45, 7) is 1.60. The number of benzene rings is 2. The lowest BCUT2D eigenvalue weighted by Gasteiger charge is -2.29. The van der Waals surface area contributed by atoms with Gasteiger partial charge in [0, 0.05) is 25.9 Å². The summed E-state index contributed by atoms with van der Waals surface area (Å²) in [4.78, 5) is 31.5. The minimum atomic E-state index is -4.44. The molecular weight excluding hydrogens is 483 g/mol. The molecule has 2 aromatic heterocycles. The van der Waals surface area contributed by atoms with E-state index in [4.69, 9.17) is 0 Å². The zero-order valence-corrected chi connectivity index (χ0v) is 20.6. The van der Waals surface area contributed by atoms with Crippen LogP contribution in [0, 0.1) is 0 Å². The van der Waals surface area contributed by atoms with E-state index >= 15 is 0 Å². The van der Waals surface area contributed by atoms with Gasteiger partial charge >= 0.3 is 6.18 Å². The molecule has 0 aliphatic carbocycles. The number of nitrogens with one attached hydrogen (secondary N) is 1. The number of halogens is 3. The lowest BCUT2D eigenvalue weighted by Crippen LogP contribution is -2.48. The summed E-state index contributed by atoms with van der Waals surface area (Å²) in [7, 11) is 3.22. The van der Waals surface area contributed by atoms with Crippen molar-refractivity contribution < 1.29 is 22.8 Å². The highest BCUT2D eigenvalue weighted by molar-refractivity contribution is 5.91. The van der Waals surface area contributed by atoms with Gasteiger partial charge in [-0.2, -0.15) is 18.3 Å². The number of hydrogen-bond donors (Lipinski definition) is 1. The molecule has 10 heteroatoms. The Hall–Kier alpha value is -4.21. The summed E-state index contributed by atoms with van der Waals surface area (Å²) < 4.78 is 40.6. The van der Waals surface area contributed by atoms with E-state index in [0.29, 0.717) is 28.9 Å². The second kappa shape index (κ2) is 10.0. The monoisotopic (exact) mass is 509 g/mol. The van der Waals surface area contributed by atoms with Crippen molar-refractivity contribution in [2.45, 2.75) is 24.9 Å². The summed E-state index contributed by atoms with van der Waals surface area (Å²) in [6, 6.07) is 15.9. The van der Waals surface area contributed by atoms with E-state index in [1.54, 1.807) is 33.3 Å². The van der Waals surface area contributed by atoms with E-state index < -0.39 is 17.2 Å². The van der Waals surface area contributed by atoms with E-state index in [0.717, 1.165) is 17.7 Å². The molecule has 0 saturated heterocycles. The number of fused-ring (bicyclic) bond motifs is 1. The lowest BCUT2D eigenvalue weighted by atomic mass is 9.79. The predicted molar refractivity (Wildman–Crippen MR) is 133 cm³/mol. The van der Waals surface area contributed by atoms with Gasteiger partial charge in [-0.15, -0.1) is 0 Å². The molecule has 4 rings (SSSR count). The first-order valence-corrected chi connectivity index (χ1v) is 11.5. The first-order chi connectivity index (χ1) is 17.5. The first kappa shape index (κ1) is 25.9. The molecular formula is C27H26F3N5O2. The van der Waals surface area contributed by atoms with Gasteiger partial charge in [0.25, 0.3) is 0 Å². The second-order valence-electron chi connectivity index (χ2n) is 9.16.